The van der Waals surface area contributed by atoms with Crippen LogP contribution in [-0.4, -0.2) is 34.5 Å². The monoisotopic (exact) mass is 290 g/mol. The van der Waals surface area contributed by atoms with Crippen molar-refractivity contribution in [3.8, 4) is 0 Å². The Morgan fingerprint density at radius 1 is 1.11 bits per heavy atom. The molecule has 0 saturated carbocycles. The van der Waals surface area contributed by atoms with Crippen molar-refractivity contribution in [3.63, 3.8) is 0 Å². The van der Waals surface area contributed by atoms with E-state index in [9.17, 15) is 0 Å². The summed E-state index contributed by atoms with van der Waals surface area (Å²) in [7, 11) is 11.3. The van der Waals surface area contributed by atoms with Crippen molar-refractivity contribution < 1.29 is 10.2 Å². The standard InChI is InChI=1S/C4H10Cl2O2Te/c1-3(7)9(5,6)4(2)8/h3-4,7-8H,1-2H3. The molecule has 58 valence electrons. The molecule has 2 nitrogen and oxygen atoms in total. The Labute approximate surface area is 66.1 Å². The number of aliphatic hydroxyl groups is 2. The van der Waals surface area contributed by atoms with Crippen molar-refractivity contribution >= 4 is 33.9 Å². The topological polar surface area (TPSA) is 40.5 Å². The van der Waals surface area contributed by atoms with Gasteiger partial charge in [-0.1, -0.05) is 0 Å². The minimum absolute atomic E-state index is 0.740. The van der Waals surface area contributed by atoms with Crippen LogP contribution in [0.25, 0.3) is 0 Å². The van der Waals surface area contributed by atoms with Crippen LogP contribution in [-0.2, 0) is 0 Å². The number of aliphatic hydroxyl groups excluding tert-OH is 2. The summed E-state index contributed by atoms with van der Waals surface area (Å²) in [5.41, 5.74) is 0. The van der Waals surface area contributed by atoms with Gasteiger partial charge >= 0.3 is 66.2 Å². The van der Waals surface area contributed by atoms with Crippen LogP contribution in [0.1, 0.15) is 13.8 Å². The van der Waals surface area contributed by atoms with Gasteiger partial charge in [-0.2, -0.15) is 0 Å². The third kappa shape index (κ3) is 2.79. The average Bonchev–Trinajstić information content (AvgIpc) is 1.65. The van der Waals surface area contributed by atoms with Crippen LogP contribution in [0.3, 0.4) is 0 Å². The third-order valence-electron chi connectivity index (χ3n) is 0.910. The number of hydrogen-bond acceptors (Lipinski definition) is 2. The van der Waals surface area contributed by atoms with Crippen molar-refractivity contribution in [2.24, 2.45) is 0 Å². The molecule has 0 spiro atoms. The van der Waals surface area contributed by atoms with E-state index in [1.165, 1.54) is 13.8 Å². The summed E-state index contributed by atoms with van der Waals surface area (Å²) in [4.78, 5) is 0. The Bertz CT molecular complexity index is 84.6. The van der Waals surface area contributed by atoms with E-state index in [0.29, 0.717) is 0 Å². The second kappa shape index (κ2) is 3.61. The molecule has 0 aliphatic rings. The average molecular weight is 289 g/mol. The van der Waals surface area contributed by atoms with Gasteiger partial charge in [-0.3, -0.25) is 0 Å². The SMILES string of the molecule is CC(O)[Te](Cl)(Cl)C(C)O. The molecule has 0 rings (SSSR count). The molecule has 0 aromatic rings. The molecule has 5 heteroatoms. The first-order valence-corrected chi connectivity index (χ1v) is 11.0. The third-order valence-corrected chi connectivity index (χ3v) is 13.0. The number of halogens is 2. The first-order valence-electron chi connectivity index (χ1n) is 2.45. The van der Waals surface area contributed by atoms with E-state index in [2.05, 4.69) is 0 Å². The van der Waals surface area contributed by atoms with E-state index >= 15 is 0 Å². The maximum absolute atomic E-state index is 8.91. The van der Waals surface area contributed by atoms with Gasteiger partial charge in [0.25, 0.3) is 0 Å². The van der Waals surface area contributed by atoms with Gasteiger partial charge in [0.15, 0.2) is 0 Å². The van der Waals surface area contributed by atoms with Crippen molar-refractivity contribution in [1.29, 1.82) is 0 Å². The van der Waals surface area contributed by atoms with E-state index in [1.807, 2.05) is 0 Å². The summed E-state index contributed by atoms with van der Waals surface area (Å²) in [5, 5.41) is 17.8. The molecule has 0 aromatic carbocycles. The first-order chi connectivity index (χ1) is 3.89. The van der Waals surface area contributed by atoms with Gasteiger partial charge in [0.05, 0.1) is 0 Å². The zero-order valence-corrected chi connectivity index (χ0v) is 9.06. The molecular formula is C4H10Cl2O2Te. The molecule has 0 amide bonds. The van der Waals surface area contributed by atoms with Gasteiger partial charge < -0.3 is 0 Å². The Kier molecular flexibility index (Phi) is 4.13. The summed E-state index contributed by atoms with van der Waals surface area (Å²) in [6.45, 7) is 3.02. The fourth-order valence-corrected chi connectivity index (χ4v) is 1.91. The predicted molar refractivity (Wildman–Crippen MR) is 40.8 cm³/mol. The van der Waals surface area contributed by atoms with Crippen LogP contribution in [0.4, 0.5) is 0 Å². The summed E-state index contributed by atoms with van der Waals surface area (Å²) < 4.78 is -1.48. The van der Waals surface area contributed by atoms with Crippen molar-refractivity contribution in [3.05, 3.63) is 0 Å². The molecule has 2 atom stereocenters. The van der Waals surface area contributed by atoms with Crippen LogP contribution in [0.2, 0.25) is 0 Å². The molecule has 0 bridgehead atoms. The van der Waals surface area contributed by atoms with Crippen molar-refractivity contribution in [2.75, 3.05) is 0 Å². The molecule has 2 N–H and O–H groups in total. The van der Waals surface area contributed by atoms with Crippen LogP contribution in [0.15, 0.2) is 0 Å². The van der Waals surface area contributed by atoms with Gasteiger partial charge in [-0.05, 0) is 0 Å². The molecule has 0 aromatic heterocycles. The van der Waals surface area contributed by atoms with Crippen molar-refractivity contribution in [1.82, 2.24) is 0 Å². The molecule has 0 heterocycles. The van der Waals surface area contributed by atoms with Crippen molar-refractivity contribution in [2.45, 2.75) is 22.2 Å². The normalized spacial score (nSPS) is 21.1. The summed E-state index contributed by atoms with van der Waals surface area (Å²) in [5.74, 6) is 0. The van der Waals surface area contributed by atoms with Gasteiger partial charge in [0, 0.05) is 0 Å². The zero-order valence-electron chi connectivity index (χ0n) is 5.21. The molecular weight excluding hydrogens is 279 g/mol. The second-order valence-corrected chi connectivity index (χ2v) is 16.7. The van der Waals surface area contributed by atoms with Gasteiger partial charge in [0.2, 0.25) is 0 Å². The molecule has 0 radical (unpaired) electrons. The molecule has 0 aliphatic heterocycles. The Morgan fingerprint density at radius 3 is 1.33 bits per heavy atom. The molecule has 0 fully saturated rings. The summed E-state index contributed by atoms with van der Waals surface area (Å²) in [6.07, 6.45) is 0. The van der Waals surface area contributed by atoms with Gasteiger partial charge in [0.1, 0.15) is 0 Å². The Balaban J connectivity index is 4.01. The van der Waals surface area contributed by atoms with Crippen LogP contribution in [0.5, 0.6) is 0 Å². The fourth-order valence-electron chi connectivity index (χ4n) is 0.285. The first kappa shape index (κ1) is 10.3. The van der Waals surface area contributed by atoms with E-state index < -0.39 is 24.2 Å². The van der Waals surface area contributed by atoms with Gasteiger partial charge in [-0.25, -0.2) is 0 Å². The fraction of sp³-hybridized carbons (Fsp3) is 1.00. The quantitative estimate of drug-likeness (QED) is 0.736. The van der Waals surface area contributed by atoms with E-state index in [-0.39, 0.29) is 0 Å². The predicted octanol–water partition coefficient (Wildman–Crippen LogP) is 0.746. The van der Waals surface area contributed by atoms with E-state index in [4.69, 9.17) is 28.1 Å². The van der Waals surface area contributed by atoms with Crippen LogP contribution < -0.4 is 0 Å². The second-order valence-electron chi connectivity index (χ2n) is 1.75. The molecule has 0 aliphatic carbocycles. The number of hydrogen-bond donors (Lipinski definition) is 2. The minimum atomic E-state index is -3.30. The van der Waals surface area contributed by atoms with E-state index in [1.54, 1.807) is 0 Å². The van der Waals surface area contributed by atoms with Gasteiger partial charge in [-0.15, -0.1) is 0 Å². The van der Waals surface area contributed by atoms with Crippen LogP contribution >= 0.6 is 17.9 Å². The van der Waals surface area contributed by atoms with Crippen LogP contribution in [0, 0.1) is 0 Å². The summed E-state index contributed by atoms with van der Waals surface area (Å²) in [6, 6.07) is 0. The number of rotatable bonds is 2. The molecule has 9 heavy (non-hydrogen) atoms. The Hall–Kier alpha value is 1.29. The zero-order chi connectivity index (χ0) is 7.65. The molecule has 0 saturated heterocycles. The van der Waals surface area contributed by atoms with E-state index in [0.717, 1.165) is 0 Å². The summed E-state index contributed by atoms with van der Waals surface area (Å²) >= 11 is -3.30. The Morgan fingerprint density at radius 2 is 1.33 bits per heavy atom. The molecule has 2 unspecified atom stereocenters. The maximum atomic E-state index is 8.91.